The summed E-state index contributed by atoms with van der Waals surface area (Å²) in [5.74, 6) is 0.791. The highest BCUT2D eigenvalue weighted by atomic mass is 35.5. The molecule has 0 N–H and O–H groups in total. The summed E-state index contributed by atoms with van der Waals surface area (Å²) in [6.45, 7) is 2.05. The lowest BCUT2D eigenvalue weighted by molar-refractivity contribution is 0.303. The van der Waals surface area contributed by atoms with Crippen LogP contribution in [-0.4, -0.2) is 42.7 Å². The zero-order valence-corrected chi connectivity index (χ0v) is 12.9. The second-order valence-electron chi connectivity index (χ2n) is 4.11. The monoisotopic (exact) mass is 322 g/mol. The molecule has 0 aliphatic carbocycles. The van der Waals surface area contributed by atoms with Crippen LogP contribution in [0.3, 0.4) is 0 Å². The molecule has 0 unspecified atom stereocenters. The summed E-state index contributed by atoms with van der Waals surface area (Å²) in [4.78, 5) is 0. The summed E-state index contributed by atoms with van der Waals surface area (Å²) in [7, 11) is -3.05. The molecule has 0 bridgehead atoms. The first-order valence-corrected chi connectivity index (χ1v) is 8.77. The minimum Gasteiger partial charge on any atom is -0.300 e. The van der Waals surface area contributed by atoms with Crippen molar-refractivity contribution in [3.63, 3.8) is 0 Å². The van der Waals surface area contributed by atoms with E-state index < -0.39 is 7.67 Å². The maximum absolute atomic E-state index is 13.1. The quantitative estimate of drug-likeness (QED) is 0.593. The van der Waals surface area contributed by atoms with Crippen LogP contribution in [0.25, 0.3) is 0 Å². The van der Waals surface area contributed by atoms with E-state index in [0.717, 1.165) is 5.69 Å². The van der Waals surface area contributed by atoms with Crippen LogP contribution >= 0.6 is 30.9 Å². The van der Waals surface area contributed by atoms with Crippen LogP contribution < -0.4 is 4.67 Å². The largest absolute Gasteiger partial charge is 0.371 e. The van der Waals surface area contributed by atoms with Crippen molar-refractivity contribution in [1.29, 1.82) is 0 Å². The number of benzene rings is 1. The minimum absolute atomic E-state index is 0.396. The molecule has 1 fully saturated rings. The van der Waals surface area contributed by atoms with Crippen molar-refractivity contribution in [1.82, 2.24) is 4.67 Å². The fourth-order valence-electron chi connectivity index (χ4n) is 2.11. The van der Waals surface area contributed by atoms with E-state index in [2.05, 4.69) is 0 Å². The van der Waals surface area contributed by atoms with Crippen molar-refractivity contribution >= 4 is 36.6 Å². The molecule has 0 spiro atoms. The number of hydrogen-bond donors (Lipinski definition) is 0. The number of alkyl halides is 2. The van der Waals surface area contributed by atoms with Crippen LogP contribution in [0.1, 0.15) is 0 Å². The molecule has 0 amide bonds. The smallest absolute Gasteiger partial charge is 0.300 e. The molecule has 1 aliphatic heterocycles. The van der Waals surface area contributed by atoms with Gasteiger partial charge in [0.25, 0.3) is 0 Å². The van der Waals surface area contributed by atoms with Gasteiger partial charge in [0.2, 0.25) is 0 Å². The Labute approximate surface area is 123 Å². The van der Waals surface area contributed by atoms with Crippen LogP contribution in [0.5, 0.6) is 0 Å². The molecule has 0 radical (unpaired) electrons. The second kappa shape index (κ2) is 6.96. The third-order valence-corrected chi connectivity index (χ3v) is 5.98. The topological polar surface area (TPSA) is 32.8 Å². The van der Waals surface area contributed by atoms with Crippen LogP contribution in [0.4, 0.5) is 5.69 Å². The lowest BCUT2D eigenvalue weighted by atomic mass is 10.3. The molecule has 1 saturated heterocycles. The van der Waals surface area contributed by atoms with Gasteiger partial charge in [0.15, 0.2) is 0 Å². The Morgan fingerprint density at radius 2 is 1.84 bits per heavy atom. The lowest BCUT2D eigenvalue weighted by Gasteiger charge is -2.33. The van der Waals surface area contributed by atoms with Gasteiger partial charge in [-0.15, -0.1) is 23.2 Å². The molecular formula is C12H17Cl2N2O2P. The highest BCUT2D eigenvalue weighted by Crippen LogP contribution is 2.58. The number of halogens is 2. The summed E-state index contributed by atoms with van der Waals surface area (Å²) in [5, 5.41) is 0. The van der Waals surface area contributed by atoms with E-state index in [9.17, 15) is 4.57 Å². The highest BCUT2D eigenvalue weighted by Gasteiger charge is 2.42. The van der Waals surface area contributed by atoms with E-state index in [1.54, 1.807) is 4.67 Å². The standard InChI is InChI=1S/C12H17Cl2N2O2P/c13-6-8-15(9-7-14)19(17)16(10-11-18-19)12-4-2-1-3-5-12/h1-5H,6-11H2/t19-/m0/s1. The predicted octanol–water partition coefficient (Wildman–Crippen LogP) is 3.41. The Balaban J connectivity index is 2.26. The van der Waals surface area contributed by atoms with Gasteiger partial charge in [-0.2, -0.15) is 0 Å². The summed E-state index contributed by atoms with van der Waals surface area (Å²) < 4.78 is 22.3. The van der Waals surface area contributed by atoms with E-state index in [-0.39, 0.29) is 0 Å². The molecule has 106 valence electrons. The summed E-state index contributed by atoms with van der Waals surface area (Å²) in [5.41, 5.74) is 0.900. The van der Waals surface area contributed by atoms with Gasteiger partial charge < -0.3 is 0 Å². The van der Waals surface area contributed by atoms with E-state index in [4.69, 9.17) is 27.7 Å². The van der Waals surface area contributed by atoms with Crippen LogP contribution in [0.15, 0.2) is 30.3 Å². The van der Waals surface area contributed by atoms with Gasteiger partial charge >= 0.3 is 7.67 Å². The van der Waals surface area contributed by atoms with Gasteiger partial charge in [-0.1, -0.05) is 18.2 Å². The average Bonchev–Trinajstić information content (AvgIpc) is 2.83. The van der Waals surface area contributed by atoms with Crippen molar-refractivity contribution in [3.05, 3.63) is 30.3 Å². The molecule has 1 heterocycles. The van der Waals surface area contributed by atoms with E-state index in [1.165, 1.54) is 0 Å². The zero-order chi connectivity index (χ0) is 13.7. The van der Waals surface area contributed by atoms with E-state index >= 15 is 0 Å². The fraction of sp³-hybridized carbons (Fsp3) is 0.500. The molecule has 7 heteroatoms. The number of nitrogens with zero attached hydrogens (tertiary/aromatic N) is 2. The first kappa shape index (κ1) is 15.1. The van der Waals surface area contributed by atoms with Crippen LogP contribution in [-0.2, 0) is 9.09 Å². The molecule has 4 nitrogen and oxygen atoms in total. The fourth-order valence-corrected chi connectivity index (χ4v) is 5.15. The van der Waals surface area contributed by atoms with Gasteiger partial charge in [-0.05, 0) is 12.1 Å². The summed E-state index contributed by atoms with van der Waals surface area (Å²) >= 11 is 11.6. The zero-order valence-electron chi connectivity index (χ0n) is 10.5. The van der Waals surface area contributed by atoms with Crippen LogP contribution in [0.2, 0.25) is 0 Å². The van der Waals surface area contributed by atoms with Crippen molar-refractivity contribution < 1.29 is 9.09 Å². The summed E-state index contributed by atoms with van der Waals surface area (Å²) in [6.07, 6.45) is 0. The average molecular weight is 323 g/mol. The Bertz CT molecular complexity index is 441. The SMILES string of the molecule is O=[P@@]1(N(CCCl)CCCl)OCCN1c1ccccc1. The highest BCUT2D eigenvalue weighted by molar-refractivity contribution is 7.58. The second-order valence-corrected chi connectivity index (χ2v) is 7.16. The first-order valence-electron chi connectivity index (χ1n) is 6.17. The van der Waals surface area contributed by atoms with Gasteiger partial charge in [0.05, 0.1) is 13.2 Å². The molecular weight excluding hydrogens is 306 g/mol. The normalized spacial score (nSPS) is 23.2. The lowest BCUT2D eigenvalue weighted by Crippen LogP contribution is -2.31. The third kappa shape index (κ3) is 3.26. The molecule has 2 rings (SSSR count). The van der Waals surface area contributed by atoms with Crippen molar-refractivity contribution in [2.24, 2.45) is 0 Å². The molecule has 1 aromatic carbocycles. The van der Waals surface area contributed by atoms with Gasteiger partial charge in [-0.3, -0.25) is 9.19 Å². The number of hydrogen-bond acceptors (Lipinski definition) is 2. The third-order valence-electron chi connectivity index (χ3n) is 2.96. The van der Waals surface area contributed by atoms with E-state index in [0.29, 0.717) is 38.0 Å². The van der Waals surface area contributed by atoms with Crippen LogP contribution in [0, 0.1) is 0 Å². The Morgan fingerprint density at radius 3 is 2.42 bits per heavy atom. The van der Waals surface area contributed by atoms with Crippen molar-refractivity contribution in [3.8, 4) is 0 Å². The maximum Gasteiger partial charge on any atom is 0.371 e. The van der Waals surface area contributed by atoms with Crippen molar-refractivity contribution in [2.45, 2.75) is 0 Å². The molecule has 0 saturated carbocycles. The summed E-state index contributed by atoms with van der Waals surface area (Å²) in [6, 6.07) is 9.64. The molecule has 0 aromatic heterocycles. The molecule has 19 heavy (non-hydrogen) atoms. The van der Waals surface area contributed by atoms with Crippen molar-refractivity contribution in [2.75, 3.05) is 42.7 Å². The molecule has 1 aliphatic rings. The number of rotatable bonds is 6. The molecule has 1 aromatic rings. The Hall–Kier alpha value is -0.250. The molecule has 1 atom stereocenters. The first-order chi connectivity index (χ1) is 9.22. The van der Waals surface area contributed by atoms with Gasteiger partial charge in [0.1, 0.15) is 0 Å². The minimum atomic E-state index is -3.05. The predicted molar refractivity (Wildman–Crippen MR) is 80.4 cm³/mol. The maximum atomic E-state index is 13.1. The van der Waals surface area contributed by atoms with E-state index in [1.807, 2.05) is 35.0 Å². The van der Waals surface area contributed by atoms with Gasteiger partial charge in [0, 0.05) is 30.5 Å². The Kier molecular flexibility index (Phi) is 5.55. The Morgan fingerprint density at radius 1 is 1.21 bits per heavy atom. The number of para-hydroxylation sites is 1. The number of anilines is 1. The van der Waals surface area contributed by atoms with Gasteiger partial charge in [-0.25, -0.2) is 9.24 Å².